The molecule has 4 rings (SSSR count). The molecule has 3 aromatic rings. The van der Waals surface area contributed by atoms with Crippen LogP contribution in [0.2, 0.25) is 5.28 Å². The third-order valence-electron chi connectivity index (χ3n) is 4.35. The number of benzene rings is 2. The normalized spacial score (nSPS) is 12.9. The number of hydrogen-bond acceptors (Lipinski definition) is 4. The van der Waals surface area contributed by atoms with E-state index < -0.39 is 0 Å². The summed E-state index contributed by atoms with van der Waals surface area (Å²) in [7, 11) is 0. The highest BCUT2D eigenvalue weighted by Crippen LogP contribution is 2.36. The SMILES string of the molecule is Cc1cc(-c2ccc(F)cc2)cc(C)c1Oc1nc(Cl)nc2c1COC2. The van der Waals surface area contributed by atoms with Gasteiger partial charge in [-0.3, -0.25) is 0 Å². The number of fused-ring (bicyclic) bond motifs is 1. The summed E-state index contributed by atoms with van der Waals surface area (Å²) < 4.78 is 24.7. The maximum Gasteiger partial charge on any atom is 0.229 e. The second-order valence-corrected chi connectivity index (χ2v) is 6.60. The van der Waals surface area contributed by atoms with Gasteiger partial charge >= 0.3 is 0 Å². The zero-order chi connectivity index (χ0) is 18.3. The molecule has 2 aromatic carbocycles. The number of aryl methyl sites for hydroxylation is 2. The summed E-state index contributed by atoms with van der Waals surface area (Å²) in [5.74, 6) is 0.900. The lowest BCUT2D eigenvalue weighted by molar-refractivity contribution is 0.132. The molecule has 0 unspecified atom stereocenters. The van der Waals surface area contributed by atoms with Crippen molar-refractivity contribution in [3.63, 3.8) is 0 Å². The molecule has 0 N–H and O–H groups in total. The van der Waals surface area contributed by atoms with Gasteiger partial charge in [0.1, 0.15) is 11.6 Å². The zero-order valence-corrected chi connectivity index (χ0v) is 15.1. The Morgan fingerprint density at radius 1 is 1.00 bits per heavy atom. The van der Waals surface area contributed by atoms with Crippen LogP contribution in [0.15, 0.2) is 36.4 Å². The molecule has 0 saturated heterocycles. The zero-order valence-electron chi connectivity index (χ0n) is 14.3. The minimum absolute atomic E-state index is 0.141. The van der Waals surface area contributed by atoms with Crippen molar-refractivity contribution in [2.24, 2.45) is 0 Å². The van der Waals surface area contributed by atoms with Crippen molar-refractivity contribution in [3.8, 4) is 22.8 Å². The summed E-state index contributed by atoms with van der Waals surface area (Å²) in [6, 6.07) is 10.5. The van der Waals surface area contributed by atoms with Crippen LogP contribution in [-0.2, 0) is 18.0 Å². The van der Waals surface area contributed by atoms with Crippen LogP contribution in [0.4, 0.5) is 4.39 Å². The van der Waals surface area contributed by atoms with E-state index in [4.69, 9.17) is 21.1 Å². The molecule has 0 atom stereocenters. The molecule has 0 radical (unpaired) electrons. The Bertz CT molecular complexity index is 967. The Kier molecular flexibility index (Phi) is 4.34. The lowest BCUT2D eigenvalue weighted by atomic mass is 10.00. The van der Waals surface area contributed by atoms with Crippen LogP contribution in [0.3, 0.4) is 0 Å². The molecule has 6 heteroatoms. The average Bonchev–Trinajstić information content (AvgIpc) is 3.07. The van der Waals surface area contributed by atoms with Gasteiger partial charge in [-0.2, -0.15) is 4.98 Å². The minimum atomic E-state index is -0.251. The van der Waals surface area contributed by atoms with E-state index in [9.17, 15) is 4.39 Å². The highest BCUT2D eigenvalue weighted by molar-refractivity contribution is 6.28. The summed E-state index contributed by atoms with van der Waals surface area (Å²) in [6.07, 6.45) is 0. The van der Waals surface area contributed by atoms with Gasteiger partial charge in [0.2, 0.25) is 11.2 Å². The van der Waals surface area contributed by atoms with Gasteiger partial charge in [0.25, 0.3) is 0 Å². The van der Waals surface area contributed by atoms with Crippen molar-refractivity contribution >= 4 is 11.6 Å². The van der Waals surface area contributed by atoms with E-state index in [2.05, 4.69) is 9.97 Å². The van der Waals surface area contributed by atoms with E-state index in [0.717, 1.165) is 39.3 Å². The van der Waals surface area contributed by atoms with Gasteiger partial charge in [-0.25, -0.2) is 9.37 Å². The highest BCUT2D eigenvalue weighted by atomic mass is 35.5. The number of rotatable bonds is 3. The molecular formula is C20H16ClFN2O2. The van der Waals surface area contributed by atoms with E-state index in [1.807, 2.05) is 26.0 Å². The molecule has 2 heterocycles. The summed E-state index contributed by atoms with van der Waals surface area (Å²) in [4.78, 5) is 8.40. The Labute approximate surface area is 155 Å². The Balaban J connectivity index is 1.71. The molecule has 0 amide bonds. The topological polar surface area (TPSA) is 44.2 Å². The molecule has 1 aromatic heterocycles. The predicted octanol–water partition coefficient (Wildman–Crippen LogP) is 5.38. The van der Waals surface area contributed by atoms with Crippen LogP contribution in [0.1, 0.15) is 22.4 Å². The molecule has 0 spiro atoms. The molecule has 1 aliphatic heterocycles. The Morgan fingerprint density at radius 2 is 1.69 bits per heavy atom. The number of aromatic nitrogens is 2. The van der Waals surface area contributed by atoms with Gasteiger partial charge in [0.05, 0.1) is 24.5 Å². The van der Waals surface area contributed by atoms with Gasteiger partial charge in [0, 0.05) is 0 Å². The molecule has 1 aliphatic rings. The van der Waals surface area contributed by atoms with Crippen LogP contribution in [-0.4, -0.2) is 9.97 Å². The van der Waals surface area contributed by atoms with Crippen LogP contribution in [0.25, 0.3) is 11.1 Å². The highest BCUT2D eigenvalue weighted by Gasteiger charge is 2.22. The van der Waals surface area contributed by atoms with Crippen molar-refractivity contribution in [3.05, 3.63) is 69.9 Å². The van der Waals surface area contributed by atoms with E-state index >= 15 is 0 Å². The summed E-state index contributed by atoms with van der Waals surface area (Å²) in [6.45, 7) is 4.76. The first-order valence-electron chi connectivity index (χ1n) is 8.19. The average molecular weight is 371 g/mol. The van der Waals surface area contributed by atoms with Gasteiger partial charge in [0.15, 0.2) is 0 Å². The molecule has 0 fully saturated rings. The number of nitrogens with zero attached hydrogens (tertiary/aromatic N) is 2. The second kappa shape index (κ2) is 6.67. The van der Waals surface area contributed by atoms with E-state index in [1.165, 1.54) is 12.1 Å². The fourth-order valence-corrected chi connectivity index (χ4v) is 3.27. The quantitative estimate of drug-likeness (QED) is 0.581. The lowest BCUT2D eigenvalue weighted by Crippen LogP contribution is -2.00. The van der Waals surface area contributed by atoms with Crippen molar-refractivity contribution in [2.45, 2.75) is 27.1 Å². The fourth-order valence-electron chi connectivity index (χ4n) is 3.09. The molecule has 0 aliphatic carbocycles. The Morgan fingerprint density at radius 3 is 2.38 bits per heavy atom. The number of ether oxygens (including phenoxy) is 2. The van der Waals surface area contributed by atoms with Gasteiger partial charge in [-0.15, -0.1) is 0 Å². The van der Waals surface area contributed by atoms with Crippen LogP contribution in [0, 0.1) is 19.7 Å². The van der Waals surface area contributed by atoms with Crippen molar-refractivity contribution < 1.29 is 13.9 Å². The van der Waals surface area contributed by atoms with E-state index in [1.54, 1.807) is 12.1 Å². The first-order chi connectivity index (χ1) is 12.5. The summed E-state index contributed by atoms with van der Waals surface area (Å²) in [5.41, 5.74) is 5.44. The van der Waals surface area contributed by atoms with Crippen molar-refractivity contribution in [2.75, 3.05) is 0 Å². The van der Waals surface area contributed by atoms with Gasteiger partial charge < -0.3 is 9.47 Å². The van der Waals surface area contributed by atoms with Crippen LogP contribution < -0.4 is 4.74 Å². The van der Waals surface area contributed by atoms with Crippen molar-refractivity contribution in [1.29, 1.82) is 0 Å². The smallest absolute Gasteiger partial charge is 0.229 e. The third kappa shape index (κ3) is 3.16. The Hall–Kier alpha value is -2.50. The summed E-state index contributed by atoms with van der Waals surface area (Å²) >= 11 is 6.00. The lowest BCUT2D eigenvalue weighted by Gasteiger charge is -2.15. The number of halogens is 2. The molecule has 0 bridgehead atoms. The van der Waals surface area contributed by atoms with Gasteiger partial charge in [-0.05, 0) is 72.0 Å². The second-order valence-electron chi connectivity index (χ2n) is 6.26. The monoisotopic (exact) mass is 370 g/mol. The number of hydrogen-bond donors (Lipinski definition) is 0. The third-order valence-corrected chi connectivity index (χ3v) is 4.52. The summed E-state index contributed by atoms with van der Waals surface area (Å²) in [5, 5.41) is 0.141. The maximum absolute atomic E-state index is 13.2. The van der Waals surface area contributed by atoms with Crippen molar-refractivity contribution in [1.82, 2.24) is 9.97 Å². The predicted molar refractivity (Wildman–Crippen MR) is 96.9 cm³/mol. The van der Waals surface area contributed by atoms with Gasteiger partial charge in [-0.1, -0.05) is 12.1 Å². The van der Waals surface area contributed by atoms with Crippen LogP contribution >= 0.6 is 11.6 Å². The largest absolute Gasteiger partial charge is 0.438 e. The first-order valence-corrected chi connectivity index (χ1v) is 8.57. The molecule has 0 saturated carbocycles. The molecule has 132 valence electrons. The van der Waals surface area contributed by atoms with E-state index in [0.29, 0.717) is 19.1 Å². The maximum atomic E-state index is 13.2. The molecule has 4 nitrogen and oxygen atoms in total. The standard InChI is InChI=1S/C20H16ClFN2O2/c1-11-7-14(13-3-5-15(22)6-4-13)8-12(2)18(11)26-19-16-9-25-10-17(16)23-20(21)24-19/h3-8H,9-10H2,1-2H3. The fraction of sp³-hybridized carbons (Fsp3) is 0.200. The van der Waals surface area contributed by atoms with Crippen LogP contribution in [0.5, 0.6) is 11.6 Å². The van der Waals surface area contributed by atoms with E-state index in [-0.39, 0.29) is 11.1 Å². The molecule has 26 heavy (non-hydrogen) atoms. The minimum Gasteiger partial charge on any atom is -0.438 e. The molecular weight excluding hydrogens is 355 g/mol. The first kappa shape index (κ1) is 16.9.